The Morgan fingerprint density at radius 2 is 1.88 bits per heavy atom. The van der Waals surface area contributed by atoms with Crippen molar-refractivity contribution in [2.75, 3.05) is 13.1 Å². The fourth-order valence-corrected chi connectivity index (χ4v) is 4.34. The third-order valence-corrected chi connectivity index (χ3v) is 6.16. The normalized spacial score (nSPS) is 15.3. The Morgan fingerprint density at radius 3 is 2.62 bits per heavy atom. The first-order chi connectivity index (χ1) is 16.2. The van der Waals surface area contributed by atoms with Crippen molar-refractivity contribution < 1.29 is 19.5 Å². The summed E-state index contributed by atoms with van der Waals surface area (Å²) in [5.41, 5.74) is 3.81. The molecule has 5 rings (SSSR count). The van der Waals surface area contributed by atoms with E-state index in [4.69, 9.17) is 0 Å². The lowest BCUT2D eigenvalue weighted by Gasteiger charge is -2.36. The number of nitrogens with one attached hydrogen (secondary N) is 1. The van der Waals surface area contributed by atoms with Crippen LogP contribution in [-0.4, -0.2) is 61.6 Å². The molecule has 0 atom stereocenters. The van der Waals surface area contributed by atoms with Gasteiger partial charge in [-0.2, -0.15) is 5.10 Å². The number of aliphatic hydroxyl groups is 1. The second-order valence-electron chi connectivity index (χ2n) is 8.54. The Bertz CT molecular complexity index is 1400. The summed E-state index contributed by atoms with van der Waals surface area (Å²) >= 11 is 0. The van der Waals surface area contributed by atoms with Gasteiger partial charge in [-0.1, -0.05) is 31.4 Å². The average Bonchev–Trinajstić information content (AvgIpc) is 3.34. The van der Waals surface area contributed by atoms with E-state index in [1.807, 2.05) is 43.6 Å². The number of nitrogens with zero attached hydrogens (tertiary/aromatic N) is 4. The molecule has 0 unspecified atom stereocenters. The summed E-state index contributed by atoms with van der Waals surface area (Å²) < 4.78 is 1.75. The number of carbonyl (C=O) groups is 3. The molecule has 9 heteroatoms. The van der Waals surface area contributed by atoms with Crippen LogP contribution in [0.4, 0.5) is 0 Å². The van der Waals surface area contributed by atoms with E-state index < -0.39 is 17.9 Å². The van der Waals surface area contributed by atoms with Gasteiger partial charge in [-0.25, -0.2) is 0 Å². The molecule has 0 radical (unpaired) electrons. The van der Waals surface area contributed by atoms with E-state index in [9.17, 15) is 19.5 Å². The second-order valence-corrected chi connectivity index (χ2v) is 8.54. The highest BCUT2D eigenvalue weighted by Gasteiger charge is 2.35. The summed E-state index contributed by atoms with van der Waals surface area (Å²) in [6.45, 7) is 7.98. The highest BCUT2D eigenvalue weighted by atomic mass is 16.3. The number of aliphatic hydroxyl groups excluding tert-OH is 1. The van der Waals surface area contributed by atoms with E-state index in [0.29, 0.717) is 5.56 Å². The molecule has 2 aliphatic heterocycles. The maximum absolute atomic E-state index is 13.1. The molecule has 34 heavy (non-hydrogen) atoms. The molecule has 1 saturated heterocycles. The van der Waals surface area contributed by atoms with Gasteiger partial charge < -0.3 is 15.3 Å². The van der Waals surface area contributed by atoms with Gasteiger partial charge in [0.15, 0.2) is 0 Å². The summed E-state index contributed by atoms with van der Waals surface area (Å²) in [7, 11) is 1.86. The summed E-state index contributed by atoms with van der Waals surface area (Å²) in [5.74, 6) is -1.49. The first-order valence-electron chi connectivity index (χ1n) is 10.8. The second kappa shape index (κ2) is 7.96. The number of hydrogen-bond donors (Lipinski definition) is 2. The molecule has 3 aromatic rings. The van der Waals surface area contributed by atoms with Crippen LogP contribution < -0.4 is 5.32 Å². The first kappa shape index (κ1) is 21.6. The Morgan fingerprint density at radius 1 is 1.15 bits per heavy atom. The van der Waals surface area contributed by atoms with Gasteiger partial charge in [-0.15, -0.1) is 0 Å². The minimum absolute atomic E-state index is 0.0764. The molecule has 9 nitrogen and oxygen atoms in total. The molecular formula is C25H23N5O4. The topological polar surface area (TPSA) is 108 Å². The van der Waals surface area contributed by atoms with Crippen LogP contribution in [0.5, 0.6) is 0 Å². The maximum atomic E-state index is 13.1. The van der Waals surface area contributed by atoms with Gasteiger partial charge in [0, 0.05) is 37.3 Å². The number of benzene rings is 2. The highest BCUT2D eigenvalue weighted by molar-refractivity contribution is 6.08. The predicted octanol–water partition coefficient (Wildman–Crippen LogP) is 1.54. The van der Waals surface area contributed by atoms with Crippen molar-refractivity contribution in [3.63, 3.8) is 0 Å². The molecule has 2 N–H and O–H groups in total. The molecule has 0 bridgehead atoms. The molecule has 0 aliphatic carbocycles. The van der Waals surface area contributed by atoms with Crippen LogP contribution >= 0.6 is 0 Å². The van der Waals surface area contributed by atoms with Crippen LogP contribution in [0.2, 0.25) is 0 Å². The van der Waals surface area contributed by atoms with Crippen molar-refractivity contribution in [2.45, 2.75) is 12.6 Å². The number of likely N-dealkylation sites (tertiary alicyclic amines) is 1. The Kier molecular flexibility index (Phi) is 5.06. The van der Waals surface area contributed by atoms with Gasteiger partial charge in [-0.3, -0.25) is 24.0 Å². The predicted molar refractivity (Wildman–Crippen MR) is 125 cm³/mol. The molecule has 0 saturated carbocycles. The summed E-state index contributed by atoms with van der Waals surface area (Å²) in [4.78, 5) is 40.8. The van der Waals surface area contributed by atoms with Crippen molar-refractivity contribution >= 4 is 28.6 Å². The Labute approximate surface area is 195 Å². The fourth-order valence-electron chi connectivity index (χ4n) is 4.34. The molecule has 1 fully saturated rings. The van der Waals surface area contributed by atoms with Crippen LogP contribution in [0.1, 0.15) is 15.9 Å². The largest absolute Gasteiger partial charge is 0.389 e. The van der Waals surface area contributed by atoms with Gasteiger partial charge >= 0.3 is 0 Å². The fraction of sp³-hybridized carbons (Fsp3) is 0.200. The van der Waals surface area contributed by atoms with Crippen molar-refractivity contribution in [3.05, 3.63) is 78.3 Å². The highest BCUT2D eigenvalue weighted by Crippen LogP contribution is 2.35. The van der Waals surface area contributed by atoms with Crippen molar-refractivity contribution in [1.82, 2.24) is 24.9 Å². The lowest BCUT2D eigenvalue weighted by molar-refractivity contribution is -0.138. The lowest BCUT2D eigenvalue weighted by atomic mass is 9.96. The number of β-amino-alcohol motifs (C(OH)–C–C–N with tert-alkyl or cyclic N) is 1. The van der Waals surface area contributed by atoms with Crippen LogP contribution in [-0.2, 0) is 23.2 Å². The van der Waals surface area contributed by atoms with Gasteiger partial charge in [0.25, 0.3) is 17.7 Å². The van der Waals surface area contributed by atoms with Crippen LogP contribution in [0.3, 0.4) is 0 Å². The van der Waals surface area contributed by atoms with Gasteiger partial charge in [0.05, 0.1) is 23.9 Å². The van der Waals surface area contributed by atoms with Gasteiger partial charge in [-0.05, 0) is 34.9 Å². The molecular weight excluding hydrogens is 434 g/mol. The van der Waals surface area contributed by atoms with E-state index >= 15 is 0 Å². The lowest BCUT2D eigenvalue weighted by Crippen LogP contribution is -2.55. The number of aromatic nitrogens is 2. The van der Waals surface area contributed by atoms with Crippen molar-refractivity contribution in [2.24, 2.45) is 7.05 Å². The monoisotopic (exact) mass is 457 g/mol. The number of carbonyl (C=O) groups excluding carboxylic acids is 3. The minimum atomic E-state index is -0.682. The number of amides is 3. The molecule has 1 aromatic heterocycles. The summed E-state index contributed by atoms with van der Waals surface area (Å²) in [6, 6.07) is 11.4. The van der Waals surface area contributed by atoms with E-state index in [1.165, 1.54) is 9.80 Å². The Balaban J connectivity index is 1.35. The Hall–Kier alpha value is -4.24. The van der Waals surface area contributed by atoms with E-state index in [0.717, 1.165) is 27.6 Å². The van der Waals surface area contributed by atoms with Crippen molar-refractivity contribution in [1.29, 1.82) is 0 Å². The zero-order valence-electron chi connectivity index (χ0n) is 18.6. The molecule has 0 spiro atoms. The number of aryl methyl sites for hydroxylation is 1. The third kappa shape index (κ3) is 3.56. The number of fused-ring (bicyclic) bond motifs is 2. The van der Waals surface area contributed by atoms with Gasteiger partial charge in [0.1, 0.15) is 5.70 Å². The van der Waals surface area contributed by atoms with Crippen molar-refractivity contribution in [3.8, 4) is 11.1 Å². The summed E-state index contributed by atoms with van der Waals surface area (Å²) in [6.07, 6.45) is 1.37. The third-order valence-electron chi connectivity index (χ3n) is 6.16. The first-order valence-corrected chi connectivity index (χ1v) is 10.8. The summed E-state index contributed by atoms with van der Waals surface area (Å²) in [5, 5.41) is 17.2. The van der Waals surface area contributed by atoms with E-state index in [1.54, 1.807) is 10.7 Å². The minimum Gasteiger partial charge on any atom is -0.389 e. The van der Waals surface area contributed by atoms with Gasteiger partial charge in [0.2, 0.25) is 0 Å². The van der Waals surface area contributed by atoms with E-state index in [2.05, 4.69) is 23.6 Å². The number of hydrogen-bond acceptors (Lipinski definition) is 5. The molecule has 172 valence electrons. The number of rotatable bonds is 5. The zero-order chi connectivity index (χ0) is 24.1. The molecule has 3 amide bonds. The molecule has 3 heterocycles. The van der Waals surface area contributed by atoms with Crippen LogP contribution in [0.25, 0.3) is 22.0 Å². The average molecular weight is 457 g/mol. The smallest absolute Gasteiger partial charge is 0.271 e. The zero-order valence-corrected chi connectivity index (χ0v) is 18.6. The van der Waals surface area contributed by atoms with Crippen LogP contribution in [0, 0.1) is 0 Å². The molecule has 2 aliphatic rings. The molecule has 2 aromatic carbocycles. The van der Waals surface area contributed by atoms with Crippen LogP contribution in [0.15, 0.2) is 67.1 Å². The quantitative estimate of drug-likeness (QED) is 0.565. The standard InChI is InChI=1S/C25H23N5O4/c1-14(24(33)29-11-18(31)12-29)26-23(32)15(2)30-13-21-19(5-4-6-20(21)25(30)34)16-7-8-22-17(9-16)10-28(3)27-22/h4-10,18,31H,1-2,11-13H2,3H3,(H,26,32). The van der Waals surface area contributed by atoms with E-state index in [-0.39, 0.29) is 36.9 Å². The maximum Gasteiger partial charge on any atom is 0.271 e. The SMILES string of the molecule is C=C(NC(=O)C(=C)N1Cc2c(cccc2-c2ccc3nn(C)cc3c2)C1=O)C(=O)N1CC(O)C1.